The summed E-state index contributed by atoms with van der Waals surface area (Å²) in [6, 6.07) is 24.2. The smallest absolute Gasteiger partial charge is 0.127 e. The van der Waals surface area contributed by atoms with Crippen LogP contribution < -0.4 is 4.74 Å². The van der Waals surface area contributed by atoms with E-state index in [4.69, 9.17) is 16.3 Å². The zero-order valence-corrected chi connectivity index (χ0v) is 12.5. The lowest BCUT2D eigenvalue weighted by Gasteiger charge is -2.15. The standard InChI is InChI=1S/C19H15ClO/c1-21-18-13-7-11-15(14-8-3-2-4-9-14)19(18)16-10-5-6-12-17(16)20/h2-13H,1H3. The monoisotopic (exact) mass is 294 g/mol. The van der Waals surface area contributed by atoms with E-state index in [1.54, 1.807) is 7.11 Å². The fraction of sp³-hybridized carbons (Fsp3) is 0.0526. The molecule has 1 nitrogen and oxygen atoms in total. The fourth-order valence-electron chi connectivity index (χ4n) is 2.50. The van der Waals surface area contributed by atoms with E-state index in [0.29, 0.717) is 0 Å². The van der Waals surface area contributed by atoms with Crippen LogP contribution in [0.15, 0.2) is 72.8 Å². The molecule has 3 aromatic carbocycles. The van der Waals surface area contributed by atoms with Gasteiger partial charge in [0, 0.05) is 16.1 Å². The minimum Gasteiger partial charge on any atom is -0.496 e. The molecule has 104 valence electrons. The van der Waals surface area contributed by atoms with Gasteiger partial charge in [-0.25, -0.2) is 0 Å². The first-order valence-corrected chi connectivity index (χ1v) is 7.16. The number of rotatable bonds is 3. The molecule has 0 unspecified atom stereocenters. The van der Waals surface area contributed by atoms with Crippen molar-refractivity contribution in [1.82, 2.24) is 0 Å². The highest BCUT2D eigenvalue weighted by molar-refractivity contribution is 6.33. The van der Waals surface area contributed by atoms with Crippen LogP contribution in [0.2, 0.25) is 5.02 Å². The van der Waals surface area contributed by atoms with Gasteiger partial charge in [0.15, 0.2) is 0 Å². The van der Waals surface area contributed by atoms with Crippen LogP contribution in [0.5, 0.6) is 5.75 Å². The van der Waals surface area contributed by atoms with E-state index in [1.165, 1.54) is 0 Å². The van der Waals surface area contributed by atoms with Crippen LogP contribution in [0.1, 0.15) is 0 Å². The van der Waals surface area contributed by atoms with E-state index < -0.39 is 0 Å². The maximum atomic E-state index is 6.39. The van der Waals surface area contributed by atoms with Crippen molar-refractivity contribution in [3.8, 4) is 28.0 Å². The van der Waals surface area contributed by atoms with E-state index >= 15 is 0 Å². The van der Waals surface area contributed by atoms with Crippen molar-refractivity contribution >= 4 is 11.6 Å². The summed E-state index contributed by atoms with van der Waals surface area (Å²) in [5, 5.41) is 0.721. The molecule has 2 heteroatoms. The Morgan fingerprint density at radius 3 is 2.10 bits per heavy atom. The first kappa shape index (κ1) is 13.7. The van der Waals surface area contributed by atoms with Crippen LogP contribution >= 0.6 is 11.6 Å². The van der Waals surface area contributed by atoms with Crippen LogP contribution in [0.4, 0.5) is 0 Å². The van der Waals surface area contributed by atoms with Gasteiger partial charge in [0.1, 0.15) is 5.75 Å². The van der Waals surface area contributed by atoms with Gasteiger partial charge in [0.05, 0.1) is 7.11 Å². The predicted octanol–water partition coefficient (Wildman–Crippen LogP) is 5.68. The Kier molecular flexibility index (Phi) is 3.94. The molecule has 0 saturated carbocycles. The van der Waals surface area contributed by atoms with Gasteiger partial charge in [-0.1, -0.05) is 72.3 Å². The zero-order chi connectivity index (χ0) is 14.7. The molecule has 0 amide bonds. The highest BCUT2D eigenvalue weighted by atomic mass is 35.5. The Balaban J connectivity index is 2.30. The van der Waals surface area contributed by atoms with Crippen molar-refractivity contribution in [1.29, 1.82) is 0 Å². The van der Waals surface area contributed by atoms with Gasteiger partial charge in [-0.3, -0.25) is 0 Å². The second-order valence-electron chi connectivity index (χ2n) is 4.73. The van der Waals surface area contributed by atoms with Crippen molar-refractivity contribution < 1.29 is 4.74 Å². The number of methoxy groups -OCH3 is 1. The molecule has 3 aromatic rings. The number of benzene rings is 3. The van der Waals surface area contributed by atoms with Crippen molar-refractivity contribution in [2.75, 3.05) is 7.11 Å². The molecule has 0 bridgehead atoms. The predicted molar refractivity (Wildman–Crippen MR) is 88.9 cm³/mol. The van der Waals surface area contributed by atoms with E-state index in [0.717, 1.165) is 33.0 Å². The molecule has 0 aromatic heterocycles. The zero-order valence-electron chi connectivity index (χ0n) is 11.7. The van der Waals surface area contributed by atoms with Gasteiger partial charge in [-0.2, -0.15) is 0 Å². The topological polar surface area (TPSA) is 9.23 Å². The normalized spacial score (nSPS) is 10.4. The summed E-state index contributed by atoms with van der Waals surface area (Å²) in [6.07, 6.45) is 0. The van der Waals surface area contributed by atoms with Gasteiger partial charge < -0.3 is 4.74 Å². The molecule has 0 aliphatic carbocycles. The molecule has 3 rings (SSSR count). The summed E-state index contributed by atoms with van der Waals surface area (Å²) < 4.78 is 5.56. The summed E-state index contributed by atoms with van der Waals surface area (Å²) in [5.41, 5.74) is 4.27. The highest BCUT2D eigenvalue weighted by Crippen LogP contribution is 2.41. The summed E-state index contributed by atoms with van der Waals surface area (Å²) in [6.45, 7) is 0. The van der Waals surface area contributed by atoms with Gasteiger partial charge in [0.2, 0.25) is 0 Å². The molecule has 0 fully saturated rings. The molecular weight excluding hydrogens is 280 g/mol. The van der Waals surface area contributed by atoms with Gasteiger partial charge in [-0.15, -0.1) is 0 Å². The molecule has 0 heterocycles. The largest absolute Gasteiger partial charge is 0.496 e. The fourth-order valence-corrected chi connectivity index (χ4v) is 2.73. The van der Waals surface area contributed by atoms with Crippen LogP contribution in [0.25, 0.3) is 22.3 Å². The van der Waals surface area contributed by atoms with E-state index in [9.17, 15) is 0 Å². The minimum absolute atomic E-state index is 0.721. The van der Waals surface area contributed by atoms with Crippen LogP contribution in [0.3, 0.4) is 0 Å². The van der Waals surface area contributed by atoms with E-state index in [1.807, 2.05) is 54.6 Å². The number of ether oxygens (including phenoxy) is 1. The highest BCUT2D eigenvalue weighted by Gasteiger charge is 2.14. The Morgan fingerprint density at radius 2 is 1.38 bits per heavy atom. The average molecular weight is 295 g/mol. The summed E-state index contributed by atoms with van der Waals surface area (Å²) in [7, 11) is 1.68. The first-order chi connectivity index (χ1) is 10.3. The molecule has 0 spiro atoms. The second kappa shape index (κ2) is 6.02. The summed E-state index contributed by atoms with van der Waals surface area (Å²) >= 11 is 6.39. The second-order valence-corrected chi connectivity index (χ2v) is 5.14. The van der Waals surface area contributed by atoms with Crippen LogP contribution in [-0.2, 0) is 0 Å². The molecule has 0 atom stereocenters. The summed E-state index contributed by atoms with van der Waals surface area (Å²) in [4.78, 5) is 0. The van der Waals surface area contributed by atoms with Gasteiger partial charge in [0.25, 0.3) is 0 Å². The molecule has 0 radical (unpaired) electrons. The van der Waals surface area contributed by atoms with Crippen molar-refractivity contribution in [2.24, 2.45) is 0 Å². The quantitative estimate of drug-likeness (QED) is 0.603. The molecule has 21 heavy (non-hydrogen) atoms. The van der Waals surface area contributed by atoms with E-state index in [-0.39, 0.29) is 0 Å². The van der Waals surface area contributed by atoms with Crippen molar-refractivity contribution in [3.63, 3.8) is 0 Å². The molecule has 0 aliphatic rings. The van der Waals surface area contributed by atoms with Gasteiger partial charge >= 0.3 is 0 Å². The number of halogens is 1. The average Bonchev–Trinajstić information content (AvgIpc) is 2.55. The van der Waals surface area contributed by atoms with Crippen molar-refractivity contribution in [2.45, 2.75) is 0 Å². The Bertz CT molecular complexity index is 751. The molecule has 0 N–H and O–H groups in total. The Labute approximate surface area is 129 Å². The lowest BCUT2D eigenvalue weighted by Crippen LogP contribution is -1.92. The molecular formula is C19H15ClO. The van der Waals surface area contributed by atoms with Crippen LogP contribution in [-0.4, -0.2) is 7.11 Å². The third-order valence-electron chi connectivity index (χ3n) is 3.47. The summed E-state index contributed by atoms with van der Waals surface area (Å²) in [5.74, 6) is 0.824. The maximum Gasteiger partial charge on any atom is 0.127 e. The third-order valence-corrected chi connectivity index (χ3v) is 3.80. The Morgan fingerprint density at radius 1 is 0.714 bits per heavy atom. The number of hydrogen-bond donors (Lipinski definition) is 0. The van der Waals surface area contributed by atoms with Crippen molar-refractivity contribution in [3.05, 3.63) is 77.8 Å². The minimum atomic E-state index is 0.721. The molecule has 0 aliphatic heterocycles. The SMILES string of the molecule is COc1cccc(-c2ccccc2)c1-c1ccccc1Cl. The lowest BCUT2D eigenvalue weighted by molar-refractivity contribution is 0.416. The van der Waals surface area contributed by atoms with Gasteiger partial charge in [-0.05, 0) is 23.3 Å². The van der Waals surface area contributed by atoms with E-state index in [2.05, 4.69) is 18.2 Å². The van der Waals surface area contributed by atoms with Crippen LogP contribution in [0, 0.1) is 0 Å². The first-order valence-electron chi connectivity index (χ1n) is 6.78. The Hall–Kier alpha value is -2.25. The number of hydrogen-bond acceptors (Lipinski definition) is 1. The maximum absolute atomic E-state index is 6.39. The molecule has 0 saturated heterocycles. The lowest BCUT2D eigenvalue weighted by atomic mass is 9.93. The third kappa shape index (κ3) is 2.65.